The van der Waals surface area contributed by atoms with E-state index >= 15 is 0 Å². The Bertz CT molecular complexity index is 467. The summed E-state index contributed by atoms with van der Waals surface area (Å²) in [6.45, 7) is 1.97. The Balaban J connectivity index is 2.41. The second-order valence-corrected chi connectivity index (χ2v) is 4.16. The monoisotopic (exact) mass is 220 g/mol. The van der Waals surface area contributed by atoms with Gasteiger partial charge >= 0.3 is 0 Å². The molecule has 0 aliphatic rings. The van der Waals surface area contributed by atoms with Crippen LogP contribution in [-0.4, -0.2) is 10.1 Å². The summed E-state index contributed by atoms with van der Waals surface area (Å²) in [7, 11) is 0. The molecule has 0 saturated carbocycles. The molecular formula is C11H12N2OS. The molecule has 4 heteroatoms. The van der Waals surface area contributed by atoms with Crippen LogP contribution in [0.2, 0.25) is 0 Å². The van der Waals surface area contributed by atoms with E-state index in [1.807, 2.05) is 17.7 Å². The van der Waals surface area contributed by atoms with E-state index in [-0.39, 0.29) is 0 Å². The Labute approximate surface area is 92.2 Å². The number of anilines is 1. The smallest absolute Gasteiger partial charge is 0.109 e. The minimum Gasteiger partial charge on any atom is -0.398 e. The molecule has 78 valence electrons. The van der Waals surface area contributed by atoms with Crippen molar-refractivity contribution < 1.29 is 5.11 Å². The van der Waals surface area contributed by atoms with Gasteiger partial charge in [-0.05, 0) is 34.9 Å². The van der Waals surface area contributed by atoms with Crippen molar-refractivity contribution in [3.05, 3.63) is 45.9 Å². The van der Waals surface area contributed by atoms with Gasteiger partial charge in [-0.25, -0.2) is 0 Å². The minimum atomic E-state index is -0.676. The van der Waals surface area contributed by atoms with Gasteiger partial charge in [-0.15, -0.1) is 0 Å². The third-order valence-corrected chi connectivity index (χ3v) is 3.25. The number of aromatic nitrogens is 1. The zero-order valence-corrected chi connectivity index (χ0v) is 9.16. The van der Waals surface area contributed by atoms with Gasteiger partial charge in [0.25, 0.3) is 0 Å². The second kappa shape index (κ2) is 4.00. The van der Waals surface area contributed by atoms with Crippen LogP contribution in [0.15, 0.2) is 29.2 Å². The van der Waals surface area contributed by atoms with E-state index in [9.17, 15) is 5.11 Å². The van der Waals surface area contributed by atoms with Crippen LogP contribution in [0.5, 0.6) is 0 Å². The fourth-order valence-electron chi connectivity index (χ4n) is 1.46. The number of aliphatic hydroxyl groups excluding tert-OH is 1. The molecule has 1 atom stereocenters. The van der Waals surface area contributed by atoms with E-state index in [0.717, 1.165) is 11.1 Å². The highest BCUT2D eigenvalue weighted by molar-refractivity contribution is 7.08. The van der Waals surface area contributed by atoms with Gasteiger partial charge < -0.3 is 10.8 Å². The van der Waals surface area contributed by atoms with E-state index in [4.69, 9.17) is 5.73 Å². The number of pyridine rings is 1. The highest BCUT2D eigenvalue weighted by Gasteiger charge is 2.15. The number of aliphatic hydroxyl groups is 1. The van der Waals surface area contributed by atoms with Crippen molar-refractivity contribution in [1.82, 2.24) is 4.98 Å². The molecule has 0 amide bonds. The zero-order valence-electron chi connectivity index (χ0n) is 8.34. The van der Waals surface area contributed by atoms with Gasteiger partial charge in [0.15, 0.2) is 0 Å². The largest absolute Gasteiger partial charge is 0.398 e. The van der Waals surface area contributed by atoms with Gasteiger partial charge in [0.05, 0.1) is 0 Å². The molecule has 2 aromatic rings. The van der Waals surface area contributed by atoms with Gasteiger partial charge in [0, 0.05) is 23.6 Å². The molecule has 1 unspecified atom stereocenters. The number of nitrogens with zero attached hydrogens (tertiary/aromatic N) is 1. The molecule has 2 heterocycles. The van der Waals surface area contributed by atoms with Crippen LogP contribution in [0.1, 0.15) is 22.8 Å². The van der Waals surface area contributed by atoms with E-state index in [1.54, 1.807) is 29.8 Å². The molecule has 0 aromatic carbocycles. The summed E-state index contributed by atoms with van der Waals surface area (Å²) >= 11 is 1.57. The summed E-state index contributed by atoms with van der Waals surface area (Å²) in [5, 5.41) is 14.1. The van der Waals surface area contributed by atoms with Crippen LogP contribution in [0, 0.1) is 6.92 Å². The maximum Gasteiger partial charge on any atom is 0.109 e. The van der Waals surface area contributed by atoms with Crippen LogP contribution >= 0.6 is 11.3 Å². The first kappa shape index (κ1) is 10.1. The van der Waals surface area contributed by atoms with Crippen molar-refractivity contribution in [2.45, 2.75) is 13.0 Å². The SMILES string of the molecule is Cc1cscc1C(O)c1cnccc1N. The van der Waals surface area contributed by atoms with Crippen LogP contribution in [0.4, 0.5) is 5.69 Å². The average Bonchev–Trinajstić information content (AvgIpc) is 2.64. The topological polar surface area (TPSA) is 59.1 Å². The van der Waals surface area contributed by atoms with E-state index < -0.39 is 6.10 Å². The predicted molar refractivity (Wildman–Crippen MR) is 61.8 cm³/mol. The molecule has 2 aromatic heterocycles. The third-order valence-electron chi connectivity index (χ3n) is 2.37. The highest BCUT2D eigenvalue weighted by atomic mass is 32.1. The molecule has 3 N–H and O–H groups in total. The maximum absolute atomic E-state index is 10.1. The molecule has 0 spiro atoms. The number of thiophene rings is 1. The summed E-state index contributed by atoms with van der Waals surface area (Å²) in [4.78, 5) is 3.97. The lowest BCUT2D eigenvalue weighted by Gasteiger charge is -2.12. The van der Waals surface area contributed by atoms with Crippen molar-refractivity contribution in [2.75, 3.05) is 5.73 Å². The number of hydrogen-bond donors (Lipinski definition) is 2. The van der Waals surface area contributed by atoms with Crippen molar-refractivity contribution in [2.24, 2.45) is 0 Å². The summed E-state index contributed by atoms with van der Waals surface area (Å²) < 4.78 is 0. The van der Waals surface area contributed by atoms with Gasteiger partial charge in [-0.1, -0.05) is 0 Å². The summed E-state index contributed by atoms with van der Waals surface area (Å²) in [6.07, 6.45) is 2.55. The van der Waals surface area contributed by atoms with E-state index in [0.29, 0.717) is 11.3 Å². The lowest BCUT2D eigenvalue weighted by molar-refractivity contribution is 0.220. The zero-order chi connectivity index (χ0) is 10.8. The highest BCUT2D eigenvalue weighted by Crippen LogP contribution is 2.29. The predicted octanol–water partition coefficient (Wildman–Crippen LogP) is 2.12. The fraction of sp³-hybridized carbons (Fsp3) is 0.182. The number of hydrogen-bond acceptors (Lipinski definition) is 4. The Morgan fingerprint density at radius 2 is 2.20 bits per heavy atom. The van der Waals surface area contributed by atoms with Crippen LogP contribution in [-0.2, 0) is 0 Å². The maximum atomic E-state index is 10.1. The van der Waals surface area contributed by atoms with E-state index in [2.05, 4.69) is 4.98 Å². The molecule has 0 fully saturated rings. The van der Waals surface area contributed by atoms with Crippen molar-refractivity contribution in [1.29, 1.82) is 0 Å². The summed E-state index contributed by atoms with van der Waals surface area (Å²) in [6, 6.07) is 1.69. The molecule has 0 saturated heterocycles. The lowest BCUT2D eigenvalue weighted by atomic mass is 10.0. The first-order chi connectivity index (χ1) is 7.20. The second-order valence-electron chi connectivity index (χ2n) is 3.42. The minimum absolute atomic E-state index is 0.572. The van der Waals surface area contributed by atoms with Crippen LogP contribution < -0.4 is 5.73 Å². The van der Waals surface area contributed by atoms with Crippen molar-refractivity contribution >= 4 is 17.0 Å². The average molecular weight is 220 g/mol. The molecule has 0 radical (unpaired) electrons. The van der Waals surface area contributed by atoms with Crippen LogP contribution in [0.3, 0.4) is 0 Å². The summed E-state index contributed by atoms with van der Waals surface area (Å²) in [5.41, 5.74) is 9.00. The Kier molecular flexibility index (Phi) is 2.70. The number of rotatable bonds is 2. The van der Waals surface area contributed by atoms with Gasteiger partial charge in [-0.2, -0.15) is 11.3 Å². The van der Waals surface area contributed by atoms with Gasteiger partial charge in [-0.3, -0.25) is 4.98 Å². The first-order valence-corrected chi connectivity index (χ1v) is 5.54. The molecule has 0 bridgehead atoms. The first-order valence-electron chi connectivity index (χ1n) is 4.60. The molecular weight excluding hydrogens is 208 g/mol. The summed E-state index contributed by atoms with van der Waals surface area (Å²) in [5.74, 6) is 0. The van der Waals surface area contributed by atoms with Crippen molar-refractivity contribution in [3.63, 3.8) is 0 Å². The number of aryl methyl sites for hydroxylation is 1. The molecule has 0 aliphatic carbocycles. The number of nitrogen functional groups attached to an aromatic ring is 1. The van der Waals surface area contributed by atoms with Crippen LogP contribution in [0.25, 0.3) is 0 Å². The molecule has 15 heavy (non-hydrogen) atoms. The lowest BCUT2D eigenvalue weighted by Crippen LogP contribution is -2.04. The quantitative estimate of drug-likeness (QED) is 0.815. The Hall–Kier alpha value is -1.39. The fourth-order valence-corrected chi connectivity index (χ4v) is 2.33. The van der Waals surface area contributed by atoms with Crippen molar-refractivity contribution in [3.8, 4) is 0 Å². The normalized spacial score (nSPS) is 12.7. The Morgan fingerprint density at radius 1 is 1.40 bits per heavy atom. The molecule has 2 rings (SSSR count). The van der Waals surface area contributed by atoms with E-state index in [1.165, 1.54) is 0 Å². The Morgan fingerprint density at radius 3 is 2.80 bits per heavy atom. The number of nitrogens with two attached hydrogens (primary N) is 1. The van der Waals surface area contributed by atoms with Gasteiger partial charge in [0.2, 0.25) is 0 Å². The molecule has 0 aliphatic heterocycles. The van der Waals surface area contributed by atoms with Gasteiger partial charge in [0.1, 0.15) is 6.10 Å². The standard InChI is InChI=1S/C11H12N2OS/c1-7-5-15-6-9(7)11(14)8-4-13-3-2-10(8)12/h2-6,11,14H,1H3,(H2,12,13). The third kappa shape index (κ3) is 1.86. The molecule has 3 nitrogen and oxygen atoms in total.